The fourth-order valence-electron chi connectivity index (χ4n) is 2.41. The van der Waals surface area contributed by atoms with Crippen molar-refractivity contribution in [1.82, 2.24) is 4.90 Å². The van der Waals surface area contributed by atoms with Gasteiger partial charge in [0.1, 0.15) is 0 Å². The molecule has 3 heteroatoms. The summed E-state index contributed by atoms with van der Waals surface area (Å²) >= 11 is 0. The third-order valence-electron chi connectivity index (χ3n) is 3.30. The maximum atomic E-state index is 12.1. The third kappa shape index (κ3) is 3.63. The van der Waals surface area contributed by atoms with Crippen molar-refractivity contribution in [3.63, 3.8) is 0 Å². The molecule has 0 atom stereocenters. The Kier molecular flexibility index (Phi) is 5.00. The fraction of sp³-hybridized carbons (Fsp3) is 0.769. The molecule has 1 fully saturated rings. The summed E-state index contributed by atoms with van der Waals surface area (Å²) < 4.78 is 0. The van der Waals surface area contributed by atoms with Gasteiger partial charge in [0.15, 0.2) is 0 Å². The number of hydrogen-bond acceptors (Lipinski definition) is 2. The van der Waals surface area contributed by atoms with Crippen LogP contribution >= 0.6 is 0 Å². The van der Waals surface area contributed by atoms with Crippen molar-refractivity contribution in [2.45, 2.75) is 51.0 Å². The van der Waals surface area contributed by atoms with Gasteiger partial charge in [-0.15, -0.1) is 6.58 Å². The predicted octanol–water partition coefficient (Wildman–Crippen LogP) is 2.07. The molecule has 1 amide bonds. The van der Waals surface area contributed by atoms with Gasteiger partial charge >= 0.3 is 0 Å². The molecule has 0 heterocycles. The lowest BCUT2D eigenvalue weighted by Crippen LogP contribution is -2.44. The van der Waals surface area contributed by atoms with Crippen molar-refractivity contribution in [1.29, 1.82) is 0 Å². The van der Waals surface area contributed by atoms with Crippen LogP contribution in [0.4, 0.5) is 0 Å². The molecule has 92 valence electrons. The molecule has 1 aliphatic rings. The van der Waals surface area contributed by atoms with Gasteiger partial charge in [-0.3, -0.25) is 4.79 Å². The van der Waals surface area contributed by atoms with Gasteiger partial charge in [-0.25, -0.2) is 0 Å². The maximum Gasteiger partial charge on any atom is 0.224 e. The van der Waals surface area contributed by atoms with Gasteiger partial charge in [-0.05, 0) is 19.3 Å². The second-order valence-electron chi connectivity index (χ2n) is 4.87. The smallest absolute Gasteiger partial charge is 0.224 e. The Hall–Kier alpha value is -0.830. The molecule has 1 saturated carbocycles. The van der Waals surface area contributed by atoms with Crippen LogP contribution in [0.3, 0.4) is 0 Å². The topological polar surface area (TPSA) is 46.3 Å². The van der Waals surface area contributed by atoms with Gasteiger partial charge in [0, 0.05) is 25.0 Å². The van der Waals surface area contributed by atoms with Crippen LogP contribution in [0.25, 0.3) is 0 Å². The SMILES string of the molecule is C=CCN(CCC)C(=O)CC1(N)CCCC1. The first-order valence-corrected chi connectivity index (χ1v) is 6.29. The van der Waals surface area contributed by atoms with Crippen molar-refractivity contribution in [3.8, 4) is 0 Å². The van der Waals surface area contributed by atoms with E-state index in [-0.39, 0.29) is 11.4 Å². The molecule has 0 aromatic carbocycles. The Balaban J connectivity index is 2.50. The van der Waals surface area contributed by atoms with Crippen LogP contribution in [0.1, 0.15) is 45.4 Å². The summed E-state index contributed by atoms with van der Waals surface area (Å²) in [6, 6.07) is 0. The predicted molar refractivity (Wildman–Crippen MR) is 67.1 cm³/mol. The standard InChI is InChI=1S/C13H24N2O/c1-3-9-15(10-4-2)12(16)11-13(14)7-5-6-8-13/h3H,1,4-11,14H2,2H3. The van der Waals surface area contributed by atoms with Crippen molar-refractivity contribution in [2.75, 3.05) is 13.1 Å². The van der Waals surface area contributed by atoms with Crippen molar-refractivity contribution >= 4 is 5.91 Å². The van der Waals surface area contributed by atoms with Gasteiger partial charge < -0.3 is 10.6 Å². The van der Waals surface area contributed by atoms with E-state index < -0.39 is 0 Å². The van der Waals surface area contributed by atoms with Crippen LogP contribution in [0.15, 0.2) is 12.7 Å². The molecular formula is C13H24N2O. The lowest BCUT2D eigenvalue weighted by atomic mass is 9.94. The molecular weight excluding hydrogens is 200 g/mol. The zero-order valence-corrected chi connectivity index (χ0v) is 10.4. The van der Waals surface area contributed by atoms with E-state index in [1.54, 1.807) is 6.08 Å². The number of rotatable bonds is 6. The molecule has 0 unspecified atom stereocenters. The number of hydrogen-bond donors (Lipinski definition) is 1. The molecule has 1 rings (SSSR count). The average molecular weight is 224 g/mol. The Morgan fingerprint density at radius 1 is 1.50 bits per heavy atom. The van der Waals surface area contributed by atoms with Gasteiger partial charge in [-0.2, -0.15) is 0 Å². The molecule has 1 aliphatic carbocycles. The zero-order valence-electron chi connectivity index (χ0n) is 10.4. The van der Waals surface area contributed by atoms with Crippen LogP contribution in [-0.4, -0.2) is 29.4 Å². The molecule has 3 nitrogen and oxygen atoms in total. The van der Waals surface area contributed by atoms with Crippen molar-refractivity contribution < 1.29 is 4.79 Å². The van der Waals surface area contributed by atoms with Crippen LogP contribution in [-0.2, 0) is 4.79 Å². The highest BCUT2D eigenvalue weighted by Crippen LogP contribution is 2.30. The Bertz CT molecular complexity index is 244. The van der Waals surface area contributed by atoms with Gasteiger partial charge in [0.2, 0.25) is 5.91 Å². The molecule has 16 heavy (non-hydrogen) atoms. The van der Waals surface area contributed by atoms with E-state index in [1.165, 1.54) is 12.8 Å². The number of nitrogens with two attached hydrogens (primary N) is 1. The lowest BCUT2D eigenvalue weighted by Gasteiger charge is -2.27. The summed E-state index contributed by atoms with van der Waals surface area (Å²) in [5, 5.41) is 0. The quantitative estimate of drug-likeness (QED) is 0.702. The highest BCUT2D eigenvalue weighted by atomic mass is 16.2. The molecule has 0 radical (unpaired) electrons. The summed E-state index contributed by atoms with van der Waals surface area (Å²) in [7, 11) is 0. The second-order valence-corrected chi connectivity index (χ2v) is 4.87. The summed E-state index contributed by atoms with van der Waals surface area (Å²) in [6.07, 6.45) is 7.58. The van der Waals surface area contributed by atoms with Crippen molar-refractivity contribution in [2.24, 2.45) is 5.73 Å². The molecule has 0 bridgehead atoms. The minimum Gasteiger partial charge on any atom is -0.339 e. The summed E-state index contributed by atoms with van der Waals surface area (Å²) in [4.78, 5) is 13.9. The van der Waals surface area contributed by atoms with E-state index in [1.807, 2.05) is 4.90 Å². The highest BCUT2D eigenvalue weighted by Gasteiger charge is 2.32. The fourth-order valence-corrected chi connectivity index (χ4v) is 2.41. The van der Waals surface area contributed by atoms with Crippen LogP contribution in [0.2, 0.25) is 0 Å². The van der Waals surface area contributed by atoms with E-state index in [2.05, 4.69) is 13.5 Å². The number of amides is 1. The van der Waals surface area contributed by atoms with Gasteiger partial charge in [-0.1, -0.05) is 25.8 Å². The number of carbonyl (C=O) groups is 1. The minimum absolute atomic E-state index is 0.186. The first-order valence-electron chi connectivity index (χ1n) is 6.29. The van der Waals surface area contributed by atoms with Crippen LogP contribution in [0, 0.1) is 0 Å². The van der Waals surface area contributed by atoms with E-state index in [9.17, 15) is 4.79 Å². The second kappa shape index (κ2) is 6.04. The molecule has 0 spiro atoms. The lowest BCUT2D eigenvalue weighted by molar-refractivity contribution is -0.132. The first kappa shape index (κ1) is 13.2. The zero-order chi connectivity index (χ0) is 12.0. The third-order valence-corrected chi connectivity index (χ3v) is 3.30. The van der Waals surface area contributed by atoms with Crippen LogP contribution < -0.4 is 5.73 Å². The van der Waals surface area contributed by atoms with E-state index in [0.29, 0.717) is 13.0 Å². The number of carbonyl (C=O) groups excluding carboxylic acids is 1. The molecule has 0 saturated heterocycles. The highest BCUT2D eigenvalue weighted by molar-refractivity contribution is 5.77. The maximum absolute atomic E-state index is 12.1. The average Bonchev–Trinajstić information content (AvgIpc) is 2.64. The van der Waals surface area contributed by atoms with E-state index >= 15 is 0 Å². The van der Waals surface area contributed by atoms with Crippen molar-refractivity contribution in [3.05, 3.63) is 12.7 Å². The van der Waals surface area contributed by atoms with Gasteiger partial charge in [0.05, 0.1) is 0 Å². The molecule has 0 aliphatic heterocycles. The molecule has 0 aromatic heterocycles. The van der Waals surface area contributed by atoms with E-state index in [4.69, 9.17) is 5.73 Å². The summed E-state index contributed by atoms with van der Waals surface area (Å²) in [5.74, 6) is 0.186. The first-order chi connectivity index (χ1) is 7.61. The van der Waals surface area contributed by atoms with Gasteiger partial charge in [0.25, 0.3) is 0 Å². The summed E-state index contributed by atoms with van der Waals surface area (Å²) in [6.45, 7) is 7.22. The molecule has 2 N–H and O–H groups in total. The monoisotopic (exact) mass is 224 g/mol. The Labute approximate surface area is 98.7 Å². The Morgan fingerprint density at radius 2 is 2.12 bits per heavy atom. The molecule has 0 aromatic rings. The normalized spacial score (nSPS) is 18.4. The summed E-state index contributed by atoms with van der Waals surface area (Å²) in [5.41, 5.74) is 5.98. The Morgan fingerprint density at radius 3 is 2.62 bits per heavy atom. The minimum atomic E-state index is -0.232. The van der Waals surface area contributed by atoms with Crippen LogP contribution in [0.5, 0.6) is 0 Å². The largest absolute Gasteiger partial charge is 0.339 e. The van der Waals surface area contributed by atoms with E-state index in [0.717, 1.165) is 25.8 Å². The number of nitrogens with zero attached hydrogens (tertiary/aromatic N) is 1.